The van der Waals surface area contributed by atoms with Crippen molar-refractivity contribution >= 4 is 23.4 Å². The molecule has 84 valence electrons. The number of amides is 1. The minimum Gasteiger partial charge on any atom is -0.366 e. The molecule has 0 aromatic heterocycles. The number of allylic oxidation sites excluding steroid dienone is 2. The van der Waals surface area contributed by atoms with Crippen molar-refractivity contribution in [2.24, 2.45) is 5.73 Å². The molecule has 0 saturated carbocycles. The molecule has 0 aliphatic carbocycles. The van der Waals surface area contributed by atoms with Gasteiger partial charge in [-0.15, -0.1) is 0 Å². The topological polar surface area (TPSA) is 83.6 Å². The maximum absolute atomic E-state index is 10.4. The summed E-state index contributed by atoms with van der Waals surface area (Å²) in [6, 6.07) is 6.74. The van der Waals surface area contributed by atoms with Gasteiger partial charge in [-0.05, 0) is 17.7 Å². The fourth-order valence-corrected chi connectivity index (χ4v) is 1.40. The van der Waals surface area contributed by atoms with E-state index in [0.29, 0.717) is 4.90 Å². The predicted octanol–water partition coefficient (Wildman–Crippen LogP) is 1.66. The first-order valence-electron chi connectivity index (χ1n) is 4.46. The lowest BCUT2D eigenvalue weighted by molar-refractivity contribution is -0.113. The second kappa shape index (κ2) is 6.12. The fraction of sp³-hybridized carbons (Fsp3) is 0. The van der Waals surface area contributed by atoms with Crippen LogP contribution in [-0.2, 0) is 16.3 Å². The van der Waals surface area contributed by atoms with E-state index in [4.69, 9.17) is 14.8 Å². The van der Waals surface area contributed by atoms with E-state index in [2.05, 4.69) is 0 Å². The molecule has 0 bridgehead atoms. The maximum atomic E-state index is 10.4. The van der Waals surface area contributed by atoms with Gasteiger partial charge in [0.1, 0.15) is 0 Å². The highest BCUT2D eigenvalue weighted by Crippen LogP contribution is 2.11. The molecular formula is C11H12NO3S+. The largest absolute Gasteiger partial charge is 0.366 e. The van der Waals surface area contributed by atoms with Gasteiger partial charge in [0.2, 0.25) is 10.8 Å². The quantitative estimate of drug-likeness (QED) is 0.424. The van der Waals surface area contributed by atoms with Crippen LogP contribution in [0.3, 0.4) is 0 Å². The van der Waals surface area contributed by atoms with Gasteiger partial charge in [0.05, 0.1) is 0 Å². The zero-order valence-corrected chi connectivity index (χ0v) is 9.22. The van der Waals surface area contributed by atoms with Gasteiger partial charge in [0.15, 0.2) is 0 Å². The van der Waals surface area contributed by atoms with Crippen LogP contribution in [0.2, 0.25) is 0 Å². The molecule has 1 aromatic rings. The number of hydrogen-bond acceptors (Lipinski definition) is 3. The van der Waals surface area contributed by atoms with Gasteiger partial charge in [-0.2, -0.15) is 9.11 Å². The molecule has 0 spiro atoms. The Morgan fingerprint density at radius 2 is 1.81 bits per heavy atom. The predicted molar refractivity (Wildman–Crippen MR) is 64.7 cm³/mol. The van der Waals surface area contributed by atoms with Crippen LogP contribution in [0.5, 0.6) is 0 Å². The second-order valence-corrected chi connectivity index (χ2v) is 3.95. The molecule has 0 aliphatic rings. The van der Waals surface area contributed by atoms with E-state index in [0.717, 1.165) is 5.56 Å². The van der Waals surface area contributed by atoms with Crippen molar-refractivity contribution < 1.29 is 13.9 Å². The maximum Gasteiger partial charge on any atom is 0.351 e. The molecule has 0 atom stereocenters. The van der Waals surface area contributed by atoms with Gasteiger partial charge in [-0.3, -0.25) is 4.79 Å². The summed E-state index contributed by atoms with van der Waals surface area (Å²) < 4.78 is 17.8. The average Bonchev–Trinajstić information content (AvgIpc) is 2.25. The first-order valence-corrected chi connectivity index (χ1v) is 5.60. The summed E-state index contributed by atoms with van der Waals surface area (Å²) in [6.45, 7) is 0. The van der Waals surface area contributed by atoms with Crippen LogP contribution in [0.1, 0.15) is 5.56 Å². The van der Waals surface area contributed by atoms with Crippen LogP contribution in [-0.4, -0.2) is 15.0 Å². The van der Waals surface area contributed by atoms with Gasteiger partial charge in [-0.1, -0.05) is 18.2 Å². The Morgan fingerprint density at radius 1 is 1.19 bits per heavy atom. The molecule has 0 fully saturated rings. The smallest absolute Gasteiger partial charge is 0.351 e. The van der Waals surface area contributed by atoms with Crippen LogP contribution in [0, 0.1) is 0 Å². The van der Waals surface area contributed by atoms with Crippen LogP contribution in [0.15, 0.2) is 47.4 Å². The normalized spacial score (nSPS) is 11.7. The van der Waals surface area contributed by atoms with Gasteiger partial charge in [-0.25, -0.2) is 0 Å². The van der Waals surface area contributed by atoms with E-state index in [1.54, 1.807) is 42.5 Å². The Bertz CT molecular complexity index is 410. The number of carbonyl (C=O) groups is 1. The highest BCUT2D eigenvalue weighted by atomic mass is 32.2. The number of hydrogen-bond donors (Lipinski definition) is 3. The number of benzene rings is 1. The van der Waals surface area contributed by atoms with Gasteiger partial charge in [0.25, 0.3) is 0 Å². The molecule has 0 unspecified atom stereocenters. The molecular weight excluding hydrogens is 226 g/mol. The van der Waals surface area contributed by atoms with Crippen molar-refractivity contribution in [3.63, 3.8) is 0 Å². The van der Waals surface area contributed by atoms with Gasteiger partial charge >= 0.3 is 11.5 Å². The van der Waals surface area contributed by atoms with E-state index in [1.807, 2.05) is 0 Å². The highest BCUT2D eigenvalue weighted by molar-refractivity contribution is 7.85. The standard InChI is InChI=1S/C11H11NO3S/c12-11(13)4-2-1-3-9-5-7-10(8-6-9)16(14)15/h1-8,14-15H,(H-,12,13)/p+1/b3-1+,4-2+. The number of primary amides is 1. The third-order valence-electron chi connectivity index (χ3n) is 1.75. The van der Waals surface area contributed by atoms with Crippen molar-refractivity contribution in [2.45, 2.75) is 4.90 Å². The Kier molecular flexibility index (Phi) is 4.78. The third kappa shape index (κ3) is 4.31. The van der Waals surface area contributed by atoms with Gasteiger partial charge < -0.3 is 5.73 Å². The molecule has 4 N–H and O–H groups in total. The first kappa shape index (κ1) is 12.5. The molecule has 0 radical (unpaired) electrons. The summed E-state index contributed by atoms with van der Waals surface area (Å²) in [5.74, 6) is -0.496. The third-order valence-corrected chi connectivity index (χ3v) is 2.44. The first-order chi connectivity index (χ1) is 7.59. The molecule has 16 heavy (non-hydrogen) atoms. The van der Waals surface area contributed by atoms with Crippen molar-refractivity contribution in [1.29, 1.82) is 0 Å². The van der Waals surface area contributed by atoms with Gasteiger partial charge in [0, 0.05) is 18.2 Å². The van der Waals surface area contributed by atoms with Crippen molar-refractivity contribution in [3.05, 3.63) is 48.1 Å². The second-order valence-electron chi connectivity index (χ2n) is 2.95. The highest BCUT2D eigenvalue weighted by Gasteiger charge is 2.14. The van der Waals surface area contributed by atoms with E-state index in [9.17, 15) is 4.79 Å². The lowest BCUT2D eigenvalue weighted by Crippen LogP contribution is -2.04. The molecule has 0 saturated heterocycles. The zero-order chi connectivity index (χ0) is 12.0. The SMILES string of the molecule is NC(=O)/C=C/C=C/c1ccc([S+](O)O)cc1. The van der Waals surface area contributed by atoms with E-state index < -0.39 is 17.4 Å². The van der Waals surface area contributed by atoms with Crippen LogP contribution >= 0.6 is 0 Å². The number of rotatable bonds is 4. The molecule has 4 nitrogen and oxygen atoms in total. The zero-order valence-electron chi connectivity index (χ0n) is 8.41. The molecule has 5 heteroatoms. The average molecular weight is 238 g/mol. The van der Waals surface area contributed by atoms with Crippen molar-refractivity contribution in [3.8, 4) is 0 Å². The number of nitrogens with two attached hydrogens (primary N) is 1. The van der Waals surface area contributed by atoms with Crippen LogP contribution < -0.4 is 5.73 Å². The molecule has 1 rings (SSSR count). The van der Waals surface area contributed by atoms with E-state index in [1.165, 1.54) is 6.08 Å². The molecule has 0 aliphatic heterocycles. The fourth-order valence-electron chi connectivity index (χ4n) is 1.02. The molecule has 0 heterocycles. The summed E-state index contributed by atoms with van der Waals surface area (Å²) in [5, 5.41) is 0. The van der Waals surface area contributed by atoms with Crippen molar-refractivity contribution in [2.75, 3.05) is 0 Å². The Balaban J connectivity index is 2.65. The lowest BCUT2D eigenvalue weighted by atomic mass is 10.2. The van der Waals surface area contributed by atoms with Crippen LogP contribution in [0.25, 0.3) is 6.08 Å². The monoisotopic (exact) mass is 238 g/mol. The molecule has 1 amide bonds. The minimum atomic E-state index is -1.70. The van der Waals surface area contributed by atoms with E-state index >= 15 is 0 Å². The summed E-state index contributed by atoms with van der Waals surface area (Å²) in [4.78, 5) is 10.8. The van der Waals surface area contributed by atoms with E-state index in [-0.39, 0.29) is 0 Å². The Morgan fingerprint density at radius 3 is 2.31 bits per heavy atom. The lowest BCUT2D eigenvalue weighted by Gasteiger charge is -1.92. The Hall–Kier alpha value is -1.56. The number of carbonyl (C=O) groups excluding carboxylic acids is 1. The van der Waals surface area contributed by atoms with Crippen LogP contribution in [0.4, 0.5) is 0 Å². The summed E-state index contributed by atoms with van der Waals surface area (Å²) >= 11 is -1.70. The summed E-state index contributed by atoms with van der Waals surface area (Å²) in [5.41, 5.74) is 5.80. The minimum absolute atomic E-state index is 0.463. The summed E-state index contributed by atoms with van der Waals surface area (Å²) in [6.07, 6.45) is 6.25. The Labute approximate surface area is 96.5 Å². The summed E-state index contributed by atoms with van der Waals surface area (Å²) in [7, 11) is 0. The van der Waals surface area contributed by atoms with Crippen molar-refractivity contribution in [1.82, 2.24) is 0 Å². The molecule has 1 aromatic carbocycles.